The maximum atomic E-state index is 12.2. The fraction of sp³-hybridized carbons (Fsp3) is 0.0714. The van der Waals surface area contributed by atoms with Gasteiger partial charge in [-0.25, -0.2) is 0 Å². The van der Waals surface area contributed by atoms with Crippen molar-refractivity contribution in [2.45, 2.75) is 6.54 Å². The lowest BCUT2D eigenvalue weighted by Gasteiger charge is -2.07. The first-order valence-electron chi connectivity index (χ1n) is 6.27. The third kappa shape index (κ3) is 3.80. The molecule has 9 heteroatoms. The summed E-state index contributed by atoms with van der Waals surface area (Å²) in [5.74, 6) is -1.51. The van der Waals surface area contributed by atoms with Crippen molar-refractivity contribution >= 4 is 40.0 Å². The standard InChI is InChI=1S/C14H10IN3O5/c15-9-3-1-8(2-4-9)12(19)7-17-6-10(18(22)23)5-11(13(16)20)14(17)21/h1-6H,7H2,(H2,16,20). The molecule has 2 N–H and O–H groups in total. The Kier molecular flexibility index (Phi) is 4.89. The number of rotatable bonds is 5. The van der Waals surface area contributed by atoms with Gasteiger partial charge in [-0.15, -0.1) is 0 Å². The number of pyridine rings is 1. The molecule has 1 amide bonds. The van der Waals surface area contributed by atoms with E-state index >= 15 is 0 Å². The Morgan fingerprint density at radius 1 is 1.26 bits per heavy atom. The summed E-state index contributed by atoms with van der Waals surface area (Å²) in [7, 11) is 0. The second-order valence-electron chi connectivity index (χ2n) is 4.60. The predicted octanol–water partition coefficient (Wildman–Crippen LogP) is 1.34. The van der Waals surface area contributed by atoms with Gasteiger partial charge >= 0.3 is 0 Å². The molecule has 0 spiro atoms. The molecule has 2 rings (SSSR count). The number of hydrogen-bond donors (Lipinski definition) is 1. The quantitative estimate of drug-likeness (QED) is 0.334. The van der Waals surface area contributed by atoms with E-state index < -0.39 is 40.0 Å². The van der Waals surface area contributed by atoms with Gasteiger partial charge in [-0.2, -0.15) is 0 Å². The smallest absolute Gasteiger partial charge is 0.286 e. The highest BCUT2D eigenvalue weighted by Gasteiger charge is 2.19. The summed E-state index contributed by atoms with van der Waals surface area (Å²) in [4.78, 5) is 45.6. The zero-order chi connectivity index (χ0) is 17.1. The van der Waals surface area contributed by atoms with E-state index in [9.17, 15) is 24.5 Å². The number of nitrogens with zero attached hydrogens (tertiary/aromatic N) is 2. The number of carbonyl (C=O) groups is 2. The van der Waals surface area contributed by atoms with Crippen molar-refractivity contribution in [3.63, 3.8) is 0 Å². The molecule has 0 aliphatic heterocycles. The molecule has 0 saturated heterocycles. The van der Waals surface area contributed by atoms with E-state index in [1.165, 1.54) is 0 Å². The lowest BCUT2D eigenvalue weighted by atomic mass is 10.1. The first-order valence-corrected chi connectivity index (χ1v) is 7.35. The Morgan fingerprint density at radius 3 is 2.39 bits per heavy atom. The van der Waals surface area contributed by atoms with Crippen LogP contribution in [-0.4, -0.2) is 21.2 Å². The van der Waals surface area contributed by atoms with E-state index in [2.05, 4.69) is 22.6 Å². The molecule has 8 nitrogen and oxygen atoms in total. The highest BCUT2D eigenvalue weighted by Crippen LogP contribution is 2.12. The molecule has 1 aromatic heterocycles. The Bertz CT molecular complexity index is 858. The number of Topliss-reactive ketones (excluding diaryl/α,β-unsaturated/α-hetero) is 1. The monoisotopic (exact) mass is 427 g/mol. The van der Waals surface area contributed by atoms with Gasteiger partial charge in [0.2, 0.25) is 0 Å². The van der Waals surface area contributed by atoms with Crippen molar-refractivity contribution < 1.29 is 14.5 Å². The van der Waals surface area contributed by atoms with Crippen LogP contribution in [0.4, 0.5) is 5.69 Å². The number of amides is 1. The van der Waals surface area contributed by atoms with Crippen LogP contribution in [0.5, 0.6) is 0 Å². The third-order valence-corrected chi connectivity index (χ3v) is 3.75. The van der Waals surface area contributed by atoms with Crippen molar-refractivity contribution in [2.75, 3.05) is 0 Å². The van der Waals surface area contributed by atoms with Crippen LogP contribution in [0.25, 0.3) is 0 Å². The highest BCUT2D eigenvalue weighted by atomic mass is 127. The summed E-state index contributed by atoms with van der Waals surface area (Å²) in [5.41, 5.74) is 3.53. The summed E-state index contributed by atoms with van der Waals surface area (Å²) in [5, 5.41) is 10.9. The largest absolute Gasteiger partial charge is 0.365 e. The van der Waals surface area contributed by atoms with E-state index in [1.54, 1.807) is 24.3 Å². The van der Waals surface area contributed by atoms with Gasteiger partial charge in [0, 0.05) is 15.2 Å². The van der Waals surface area contributed by atoms with Crippen LogP contribution < -0.4 is 11.3 Å². The minimum absolute atomic E-state index is 0.351. The lowest BCUT2D eigenvalue weighted by molar-refractivity contribution is -0.385. The van der Waals surface area contributed by atoms with Crippen molar-refractivity contribution in [3.05, 3.63) is 71.7 Å². The molecule has 0 aliphatic rings. The van der Waals surface area contributed by atoms with Crippen LogP contribution in [0.3, 0.4) is 0 Å². The SMILES string of the molecule is NC(=O)c1cc([N+](=O)[O-])cn(CC(=O)c2ccc(I)cc2)c1=O. The zero-order valence-electron chi connectivity index (χ0n) is 11.6. The molecule has 2 aromatic rings. The molecule has 0 atom stereocenters. The third-order valence-electron chi connectivity index (χ3n) is 3.03. The second kappa shape index (κ2) is 6.69. The Labute approximate surface area is 143 Å². The summed E-state index contributed by atoms with van der Waals surface area (Å²) in [6, 6.07) is 7.41. The molecule has 1 aromatic carbocycles. The highest BCUT2D eigenvalue weighted by molar-refractivity contribution is 14.1. The summed E-state index contributed by atoms with van der Waals surface area (Å²) in [6.45, 7) is -0.429. The number of carbonyl (C=O) groups excluding carboxylic acids is 2. The van der Waals surface area contributed by atoms with Gasteiger partial charge in [0.05, 0.1) is 17.7 Å². The minimum Gasteiger partial charge on any atom is -0.365 e. The fourth-order valence-corrected chi connectivity index (χ4v) is 2.26. The second-order valence-corrected chi connectivity index (χ2v) is 5.84. The maximum absolute atomic E-state index is 12.2. The van der Waals surface area contributed by atoms with E-state index in [4.69, 9.17) is 5.73 Å². The molecule has 118 valence electrons. The Morgan fingerprint density at radius 2 is 1.87 bits per heavy atom. The van der Waals surface area contributed by atoms with Gasteiger partial charge in [0.25, 0.3) is 17.2 Å². The van der Waals surface area contributed by atoms with Gasteiger partial charge in [-0.05, 0) is 34.7 Å². The summed E-state index contributed by atoms with van der Waals surface area (Å²) in [6.07, 6.45) is 0.916. The number of primary amides is 1. The number of hydrogen-bond acceptors (Lipinski definition) is 5. The van der Waals surface area contributed by atoms with Crippen LogP contribution in [-0.2, 0) is 6.54 Å². The molecule has 0 radical (unpaired) electrons. The minimum atomic E-state index is -1.09. The van der Waals surface area contributed by atoms with Gasteiger partial charge in [0.1, 0.15) is 5.56 Å². The first kappa shape index (κ1) is 16.8. The van der Waals surface area contributed by atoms with Crippen molar-refractivity contribution in [2.24, 2.45) is 5.73 Å². The fourth-order valence-electron chi connectivity index (χ4n) is 1.90. The van der Waals surface area contributed by atoms with E-state index in [-0.39, 0.29) is 0 Å². The molecule has 0 saturated carbocycles. The van der Waals surface area contributed by atoms with Crippen molar-refractivity contribution in [1.29, 1.82) is 0 Å². The van der Waals surface area contributed by atoms with Gasteiger partial charge < -0.3 is 10.3 Å². The van der Waals surface area contributed by atoms with Crippen LogP contribution in [0.1, 0.15) is 20.7 Å². The number of nitrogens with two attached hydrogens (primary N) is 1. The van der Waals surface area contributed by atoms with E-state index in [1.807, 2.05) is 0 Å². The summed E-state index contributed by atoms with van der Waals surface area (Å²) < 4.78 is 1.75. The number of benzene rings is 1. The zero-order valence-corrected chi connectivity index (χ0v) is 13.7. The average molecular weight is 427 g/mol. The molecule has 0 aliphatic carbocycles. The van der Waals surface area contributed by atoms with Gasteiger partial charge in [-0.1, -0.05) is 12.1 Å². The Hall–Kier alpha value is -2.56. The van der Waals surface area contributed by atoms with Crippen LogP contribution in [0, 0.1) is 13.7 Å². The van der Waals surface area contributed by atoms with E-state index in [0.29, 0.717) is 5.56 Å². The number of nitro groups is 1. The summed E-state index contributed by atoms with van der Waals surface area (Å²) >= 11 is 2.08. The molecular formula is C14H10IN3O5. The topological polar surface area (TPSA) is 125 Å². The normalized spacial score (nSPS) is 10.3. The molecular weight excluding hydrogens is 417 g/mol. The van der Waals surface area contributed by atoms with Crippen LogP contribution >= 0.6 is 22.6 Å². The number of ketones is 1. The molecule has 1 heterocycles. The predicted molar refractivity (Wildman–Crippen MR) is 89.4 cm³/mol. The van der Waals surface area contributed by atoms with E-state index in [0.717, 1.165) is 20.4 Å². The average Bonchev–Trinajstić information content (AvgIpc) is 2.49. The van der Waals surface area contributed by atoms with Crippen LogP contribution in [0.15, 0.2) is 41.3 Å². The molecule has 0 unspecified atom stereocenters. The molecule has 23 heavy (non-hydrogen) atoms. The number of aromatic nitrogens is 1. The van der Waals surface area contributed by atoms with Crippen molar-refractivity contribution in [3.8, 4) is 0 Å². The number of halogens is 1. The van der Waals surface area contributed by atoms with Gasteiger partial charge in [0.15, 0.2) is 5.78 Å². The lowest BCUT2D eigenvalue weighted by Crippen LogP contribution is -2.31. The molecule has 0 bridgehead atoms. The van der Waals surface area contributed by atoms with Crippen LogP contribution in [0.2, 0.25) is 0 Å². The maximum Gasteiger partial charge on any atom is 0.286 e. The molecule has 0 fully saturated rings. The Balaban J connectivity index is 2.44. The first-order chi connectivity index (χ1) is 10.8. The van der Waals surface area contributed by atoms with Crippen molar-refractivity contribution in [1.82, 2.24) is 4.57 Å². The van der Waals surface area contributed by atoms with Gasteiger partial charge in [-0.3, -0.25) is 24.5 Å².